The van der Waals surface area contributed by atoms with Crippen molar-refractivity contribution in [3.63, 3.8) is 0 Å². The number of methoxy groups -OCH3 is 1. The van der Waals surface area contributed by atoms with E-state index in [0.717, 1.165) is 11.0 Å². The van der Waals surface area contributed by atoms with Gasteiger partial charge >= 0.3 is 0 Å². The molecule has 0 radical (unpaired) electrons. The Labute approximate surface area is 82.5 Å². The van der Waals surface area contributed by atoms with Gasteiger partial charge in [0.15, 0.2) is 5.76 Å². The van der Waals surface area contributed by atoms with Crippen LogP contribution in [0, 0.1) is 11.8 Å². The zero-order chi connectivity index (χ0) is 9.80. The van der Waals surface area contributed by atoms with Crippen LogP contribution in [0.2, 0.25) is 0 Å². The van der Waals surface area contributed by atoms with E-state index >= 15 is 0 Å². The van der Waals surface area contributed by atoms with Gasteiger partial charge in [0.05, 0.1) is 0 Å². The minimum Gasteiger partial charge on any atom is -0.448 e. The molecule has 2 heteroatoms. The van der Waals surface area contributed by atoms with E-state index in [2.05, 4.69) is 11.8 Å². The lowest BCUT2D eigenvalue weighted by Crippen LogP contribution is -1.80. The summed E-state index contributed by atoms with van der Waals surface area (Å²) in [5, 5.41) is 1.08. The van der Waals surface area contributed by atoms with Crippen LogP contribution in [0.3, 0.4) is 0 Å². The number of rotatable bonds is 1. The Bertz CT molecular complexity index is 452. The first-order chi connectivity index (χ1) is 6.90. The zero-order valence-electron chi connectivity index (χ0n) is 7.91. The normalized spacial score (nSPS) is 9.79. The highest BCUT2D eigenvalue weighted by Crippen LogP contribution is 2.17. The molecule has 0 N–H and O–H groups in total. The monoisotopic (exact) mass is 186 g/mol. The molecule has 0 saturated carbocycles. The molecular weight excluding hydrogens is 176 g/mol. The second kappa shape index (κ2) is 3.99. The molecule has 1 aromatic heterocycles. The highest BCUT2D eigenvalue weighted by Gasteiger charge is 1.98. The number of hydrogen-bond donors (Lipinski definition) is 0. The fourth-order valence-electron chi connectivity index (χ4n) is 1.24. The van der Waals surface area contributed by atoms with Gasteiger partial charge in [-0.3, -0.25) is 0 Å². The maximum atomic E-state index is 5.49. The van der Waals surface area contributed by atoms with Gasteiger partial charge in [-0.05, 0) is 12.0 Å². The van der Waals surface area contributed by atoms with Crippen LogP contribution in [0.15, 0.2) is 34.7 Å². The van der Waals surface area contributed by atoms with Crippen LogP contribution >= 0.6 is 0 Å². The van der Waals surface area contributed by atoms with Crippen LogP contribution < -0.4 is 0 Å². The van der Waals surface area contributed by atoms with Gasteiger partial charge in [0.25, 0.3) is 0 Å². The van der Waals surface area contributed by atoms with E-state index < -0.39 is 0 Å². The summed E-state index contributed by atoms with van der Waals surface area (Å²) in [6.45, 7) is 0.428. The van der Waals surface area contributed by atoms with Gasteiger partial charge in [-0.2, -0.15) is 0 Å². The number of furan rings is 1. The average molecular weight is 186 g/mol. The molecular formula is C12H10O2. The predicted molar refractivity (Wildman–Crippen MR) is 55.0 cm³/mol. The molecule has 0 atom stereocenters. The molecule has 0 amide bonds. The molecule has 0 fully saturated rings. The summed E-state index contributed by atoms with van der Waals surface area (Å²) in [5.41, 5.74) is 0.870. The van der Waals surface area contributed by atoms with Gasteiger partial charge < -0.3 is 9.15 Å². The molecule has 2 aromatic rings. The van der Waals surface area contributed by atoms with Gasteiger partial charge in [0, 0.05) is 18.6 Å². The van der Waals surface area contributed by atoms with Crippen molar-refractivity contribution in [1.82, 2.24) is 0 Å². The quantitative estimate of drug-likeness (QED) is 0.638. The summed E-state index contributed by atoms with van der Waals surface area (Å²) >= 11 is 0. The Hall–Kier alpha value is -1.72. The van der Waals surface area contributed by atoms with Crippen LogP contribution in [-0.2, 0) is 4.74 Å². The van der Waals surface area contributed by atoms with E-state index in [0.29, 0.717) is 12.4 Å². The predicted octanol–water partition coefficient (Wildman–Crippen LogP) is 2.43. The van der Waals surface area contributed by atoms with E-state index in [-0.39, 0.29) is 0 Å². The maximum Gasteiger partial charge on any atom is 0.178 e. The van der Waals surface area contributed by atoms with Crippen LogP contribution in [-0.4, -0.2) is 13.7 Å². The van der Waals surface area contributed by atoms with Crippen LogP contribution in [0.5, 0.6) is 0 Å². The molecule has 70 valence electrons. The Balaban J connectivity index is 2.33. The molecule has 0 saturated heterocycles. The van der Waals surface area contributed by atoms with Crippen molar-refractivity contribution in [1.29, 1.82) is 0 Å². The molecule has 1 heterocycles. The van der Waals surface area contributed by atoms with Gasteiger partial charge in [0.1, 0.15) is 12.2 Å². The lowest BCUT2D eigenvalue weighted by Gasteiger charge is -1.82. The summed E-state index contributed by atoms with van der Waals surface area (Å²) in [4.78, 5) is 0. The van der Waals surface area contributed by atoms with Gasteiger partial charge in [-0.1, -0.05) is 24.1 Å². The van der Waals surface area contributed by atoms with Gasteiger partial charge in [-0.25, -0.2) is 0 Å². The molecule has 0 aliphatic rings. The third kappa shape index (κ3) is 1.78. The van der Waals surface area contributed by atoms with Gasteiger partial charge in [0.2, 0.25) is 0 Å². The number of benzene rings is 1. The second-order valence-electron chi connectivity index (χ2n) is 2.88. The largest absolute Gasteiger partial charge is 0.448 e. The van der Waals surface area contributed by atoms with E-state index in [1.54, 1.807) is 7.11 Å². The first-order valence-corrected chi connectivity index (χ1v) is 4.36. The van der Waals surface area contributed by atoms with E-state index in [9.17, 15) is 0 Å². The summed E-state index contributed by atoms with van der Waals surface area (Å²) in [7, 11) is 1.62. The molecule has 0 unspecified atom stereocenters. The molecule has 0 aliphatic heterocycles. The third-order valence-corrected chi connectivity index (χ3v) is 1.85. The van der Waals surface area contributed by atoms with Crippen molar-refractivity contribution < 1.29 is 9.15 Å². The molecule has 0 aliphatic carbocycles. The lowest BCUT2D eigenvalue weighted by atomic mass is 10.2. The standard InChI is InChI=1S/C12H10O2/c1-13-8-4-6-11-9-10-5-2-3-7-12(10)14-11/h2-3,5,7,9H,8H2,1H3. The second-order valence-corrected chi connectivity index (χ2v) is 2.88. The summed E-state index contributed by atoms with van der Waals surface area (Å²) in [5.74, 6) is 6.42. The van der Waals surface area contributed by atoms with Crippen molar-refractivity contribution in [2.24, 2.45) is 0 Å². The van der Waals surface area contributed by atoms with E-state index in [1.165, 1.54) is 0 Å². The highest BCUT2D eigenvalue weighted by molar-refractivity contribution is 5.78. The molecule has 0 spiro atoms. The zero-order valence-corrected chi connectivity index (χ0v) is 7.91. The van der Waals surface area contributed by atoms with Crippen LogP contribution in [0.4, 0.5) is 0 Å². The molecule has 2 rings (SSSR count). The fraction of sp³-hybridized carbons (Fsp3) is 0.167. The van der Waals surface area contributed by atoms with Crippen molar-refractivity contribution in [2.45, 2.75) is 0 Å². The Morgan fingerprint density at radius 3 is 3.00 bits per heavy atom. The molecule has 2 nitrogen and oxygen atoms in total. The van der Waals surface area contributed by atoms with Crippen molar-refractivity contribution >= 4 is 11.0 Å². The first kappa shape index (κ1) is 8.86. The molecule has 1 aromatic carbocycles. The van der Waals surface area contributed by atoms with Crippen LogP contribution in [0.1, 0.15) is 5.76 Å². The highest BCUT2D eigenvalue weighted by atomic mass is 16.5. The maximum absolute atomic E-state index is 5.49. The minimum atomic E-state index is 0.428. The smallest absolute Gasteiger partial charge is 0.178 e. The third-order valence-electron chi connectivity index (χ3n) is 1.85. The summed E-state index contributed by atoms with van der Waals surface area (Å²) < 4.78 is 10.3. The number of hydrogen-bond acceptors (Lipinski definition) is 2. The minimum absolute atomic E-state index is 0.428. The van der Waals surface area contributed by atoms with Crippen molar-refractivity contribution in [3.05, 3.63) is 36.1 Å². The van der Waals surface area contributed by atoms with Crippen molar-refractivity contribution in [2.75, 3.05) is 13.7 Å². The fourth-order valence-corrected chi connectivity index (χ4v) is 1.24. The van der Waals surface area contributed by atoms with Crippen molar-refractivity contribution in [3.8, 4) is 11.8 Å². The first-order valence-electron chi connectivity index (χ1n) is 4.36. The van der Waals surface area contributed by atoms with Gasteiger partial charge in [-0.15, -0.1) is 0 Å². The number of para-hydroxylation sites is 1. The SMILES string of the molecule is COCC#Cc1cc2ccccc2o1. The van der Waals surface area contributed by atoms with E-state index in [1.807, 2.05) is 30.3 Å². The number of ether oxygens (including phenoxy) is 1. The Morgan fingerprint density at radius 2 is 2.21 bits per heavy atom. The van der Waals surface area contributed by atoms with E-state index in [4.69, 9.17) is 9.15 Å². The average Bonchev–Trinajstić information content (AvgIpc) is 2.60. The lowest BCUT2D eigenvalue weighted by molar-refractivity contribution is 0.239. The summed E-state index contributed by atoms with van der Waals surface area (Å²) in [6, 6.07) is 9.78. The molecule has 14 heavy (non-hydrogen) atoms. The topological polar surface area (TPSA) is 22.4 Å². The molecule has 0 bridgehead atoms. The Morgan fingerprint density at radius 1 is 1.36 bits per heavy atom. The van der Waals surface area contributed by atoms with Crippen LogP contribution in [0.25, 0.3) is 11.0 Å². The Kier molecular flexibility index (Phi) is 2.53. The summed E-state index contributed by atoms with van der Waals surface area (Å²) in [6.07, 6.45) is 0. The number of fused-ring (bicyclic) bond motifs is 1.